The summed E-state index contributed by atoms with van der Waals surface area (Å²) in [4.78, 5) is 13.0. The second-order valence-electron chi connectivity index (χ2n) is 7.94. The summed E-state index contributed by atoms with van der Waals surface area (Å²) in [7, 11) is 3.19. The zero-order chi connectivity index (χ0) is 21.3. The lowest BCUT2D eigenvalue weighted by Gasteiger charge is -2.24. The van der Waals surface area contributed by atoms with Crippen LogP contribution in [0.1, 0.15) is 44.4 Å². The van der Waals surface area contributed by atoms with Gasteiger partial charge in [-0.2, -0.15) is 0 Å². The maximum atomic E-state index is 13.0. The van der Waals surface area contributed by atoms with Crippen molar-refractivity contribution in [3.63, 3.8) is 0 Å². The fraction of sp³-hybridized carbons (Fsp3) is 0.375. The van der Waals surface area contributed by atoms with Crippen LogP contribution in [0.25, 0.3) is 17.2 Å². The molecular formula is C24H29NO4. The van der Waals surface area contributed by atoms with E-state index in [0.29, 0.717) is 30.0 Å². The van der Waals surface area contributed by atoms with Crippen LogP contribution in [0.3, 0.4) is 0 Å². The highest BCUT2D eigenvalue weighted by Crippen LogP contribution is 2.42. The number of rotatable bonds is 6. The minimum Gasteiger partial charge on any atom is -0.496 e. The number of benzene rings is 1. The Bertz CT molecular complexity index is 1050. The lowest BCUT2D eigenvalue weighted by Crippen LogP contribution is -2.24. The van der Waals surface area contributed by atoms with Gasteiger partial charge in [-0.15, -0.1) is 0 Å². The Balaban J connectivity index is 2.33. The SMILES string of the molecule is C/C=C/Cn1cc(-c2cc(OC)c(C(C)(C)O)cc2OC)c2c(c1=O)CC(C)=C2. The van der Waals surface area contributed by atoms with Crippen molar-refractivity contribution >= 4 is 6.08 Å². The predicted octanol–water partition coefficient (Wildman–Crippen LogP) is 4.30. The monoisotopic (exact) mass is 395 g/mol. The van der Waals surface area contributed by atoms with E-state index in [1.165, 1.54) is 0 Å². The Kier molecular flexibility index (Phi) is 5.71. The normalized spacial score (nSPS) is 13.6. The summed E-state index contributed by atoms with van der Waals surface area (Å²) in [6, 6.07) is 3.70. The van der Waals surface area contributed by atoms with Crippen molar-refractivity contribution in [1.29, 1.82) is 0 Å². The van der Waals surface area contributed by atoms with Gasteiger partial charge in [0.1, 0.15) is 11.5 Å². The molecule has 0 fully saturated rings. The van der Waals surface area contributed by atoms with E-state index in [1.54, 1.807) is 32.6 Å². The second-order valence-corrected chi connectivity index (χ2v) is 7.94. The maximum absolute atomic E-state index is 13.0. The third-order valence-corrected chi connectivity index (χ3v) is 5.27. The summed E-state index contributed by atoms with van der Waals surface area (Å²) in [6.45, 7) is 7.91. The lowest BCUT2D eigenvalue weighted by molar-refractivity contribution is 0.0754. The van der Waals surface area contributed by atoms with E-state index in [2.05, 4.69) is 6.08 Å². The fourth-order valence-corrected chi connectivity index (χ4v) is 3.80. The molecule has 5 heteroatoms. The zero-order valence-electron chi connectivity index (χ0n) is 18.0. The van der Waals surface area contributed by atoms with Gasteiger partial charge in [-0.1, -0.05) is 23.8 Å². The Labute approximate surface area is 171 Å². The number of ether oxygens (including phenoxy) is 2. The Morgan fingerprint density at radius 2 is 1.86 bits per heavy atom. The zero-order valence-corrected chi connectivity index (χ0v) is 18.0. The Morgan fingerprint density at radius 1 is 1.17 bits per heavy atom. The average molecular weight is 395 g/mol. The van der Waals surface area contributed by atoms with Gasteiger partial charge in [0.25, 0.3) is 5.56 Å². The number of aliphatic hydroxyl groups is 1. The minimum absolute atomic E-state index is 0.0361. The molecule has 1 aliphatic carbocycles. The maximum Gasteiger partial charge on any atom is 0.254 e. The van der Waals surface area contributed by atoms with Crippen molar-refractivity contribution in [2.24, 2.45) is 0 Å². The first-order valence-electron chi connectivity index (χ1n) is 9.75. The molecular weight excluding hydrogens is 366 g/mol. The van der Waals surface area contributed by atoms with Gasteiger partial charge in [0.2, 0.25) is 0 Å². The quantitative estimate of drug-likeness (QED) is 0.741. The van der Waals surface area contributed by atoms with E-state index in [4.69, 9.17) is 9.47 Å². The van der Waals surface area contributed by atoms with Gasteiger partial charge in [-0.05, 0) is 51.8 Å². The van der Waals surface area contributed by atoms with Crippen LogP contribution >= 0.6 is 0 Å². The molecule has 1 aromatic heterocycles. The molecule has 0 saturated carbocycles. The Morgan fingerprint density at radius 3 is 2.45 bits per heavy atom. The van der Waals surface area contributed by atoms with Crippen molar-refractivity contribution in [3.05, 3.63) is 63.1 Å². The molecule has 5 nitrogen and oxygen atoms in total. The molecule has 0 saturated heterocycles. The van der Waals surface area contributed by atoms with Gasteiger partial charge in [-0.3, -0.25) is 4.79 Å². The third kappa shape index (κ3) is 3.87. The number of aromatic nitrogens is 1. The standard InChI is InChI=1S/C24H29NO4/c1-7-8-9-25-14-19(16-10-15(2)11-18(16)23(25)26)17-12-22(29-6)20(24(3,4)27)13-21(17)28-5/h7-8,10,12-14,27H,9,11H2,1-6H3/b8-7+. The van der Waals surface area contributed by atoms with Crippen LogP contribution in [-0.4, -0.2) is 23.9 Å². The molecule has 3 rings (SSSR count). The molecule has 0 aliphatic heterocycles. The van der Waals surface area contributed by atoms with Crippen LogP contribution in [0.15, 0.2) is 40.8 Å². The third-order valence-electron chi connectivity index (χ3n) is 5.27. The number of methoxy groups -OCH3 is 2. The van der Waals surface area contributed by atoms with E-state index >= 15 is 0 Å². The first-order valence-corrected chi connectivity index (χ1v) is 9.75. The highest BCUT2D eigenvalue weighted by atomic mass is 16.5. The molecule has 1 heterocycles. The predicted molar refractivity (Wildman–Crippen MR) is 117 cm³/mol. The van der Waals surface area contributed by atoms with Gasteiger partial charge in [0.15, 0.2) is 0 Å². The fourth-order valence-electron chi connectivity index (χ4n) is 3.80. The Hall–Kier alpha value is -2.79. The van der Waals surface area contributed by atoms with Crippen LogP contribution in [0, 0.1) is 0 Å². The molecule has 2 aromatic rings. The summed E-state index contributed by atoms with van der Waals surface area (Å²) in [5.41, 5.74) is 4.23. The van der Waals surface area contributed by atoms with Crippen molar-refractivity contribution in [2.75, 3.05) is 14.2 Å². The number of nitrogens with zero attached hydrogens (tertiary/aromatic N) is 1. The summed E-state index contributed by atoms with van der Waals surface area (Å²) in [5.74, 6) is 1.20. The molecule has 1 N–H and O–H groups in total. The van der Waals surface area contributed by atoms with Crippen LogP contribution in [-0.2, 0) is 18.6 Å². The molecule has 0 amide bonds. The van der Waals surface area contributed by atoms with Gasteiger partial charge in [0, 0.05) is 35.0 Å². The van der Waals surface area contributed by atoms with E-state index in [0.717, 1.165) is 27.8 Å². The molecule has 0 spiro atoms. The summed E-state index contributed by atoms with van der Waals surface area (Å²) in [6.07, 6.45) is 8.50. The number of allylic oxidation sites excluding steroid dienone is 3. The molecule has 1 aliphatic rings. The van der Waals surface area contributed by atoms with Crippen molar-refractivity contribution in [1.82, 2.24) is 4.57 Å². The molecule has 154 valence electrons. The second kappa shape index (κ2) is 7.91. The molecule has 29 heavy (non-hydrogen) atoms. The largest absolute Gasteiger partial charge is 0.496 e. The average Bonchev–Trinajstić information content (AvgIpc) is 3.07. The number of pyridine rings is 1. The van der Waals surface area contributed by atoms with Gasteiger partial charge < -0.3 is 19.1 Å². The van der Waals surface area contributed by atoms with Crippen molar-refractivity contribution in [3.8, 4) is 22.6 Å². The van der Waals surface area contributed by atoms with E-state index in [-0.39, 0.29) is 5.56 Å². The highest BCUT2D eigenvalue weighted by Gasteiger charge is 2.27. The van der Waals surface area contributed by atoms with Crippen molar-refractivity contribution in [2.45, 2.75) is 46.3 Å². The van der Waals surface area contributed by atoms with E-state index < -0.39 is 5.60 Å². The van der Waals surface area contributed by atoms with Crippen LogP contribution < -0.4 is 15.0 Å². The minimum atomic E-state index is -1.08. The summed E-state index contributed by atoms with van der Waals surface area (Å²) < 4.78 is 13.0. The molecule has 0 radical (unpaired) electrons. The van der Waals surface area contributed by atoms with Crippen LogP contribution in [0.4, 0.5) is 0 Å². The van der Waals surface area contributed by atoms with Crippen LogP contribution in [0.5, 0.6) is 11.5 Å². The first-order chi connectivity index (χ1) is 13.7. The highest BCUT2D eigenvalue weighted by molar-refractivity contribution is 5.84. The number of fused-ring (bicyclic) bond motifs is 1. The summed E-state index contributed by atoms with van der Waals surface area (Å²) in [5, 5.41) is 10.6. The molecule has 0 unspecified atom stereocenters. The van der Waals surface area contributed by atoms with E-state index in [1.807, 2.05) is 44.3 Å². The van der Waals surface area contributed by atoms with Gasteiger partial charge >= 0.3 is 0 Å². The van der Waals surface area contributed by atoms with Crippen molar-refractivity contribution < 1.29 is 14.6 Å². The molecule has 0 atom stereocenters. The van der Waals surface area contributed by atoms with Crippen LogP contribution in [0.2, 0.25) is 0 Å². The van der Waals surface area contributed by atoms with E-state index in [9.17, 15) is 9.90 Å². The topological polar surface area (TPSA) is 60.7 Å². The lowest BCUT2D eigenvalue weighted by atomic mass is 9.92. The molecule has 1 aromatic carbocycles. The first kappa shape index (κ1) is 20.9. The smallest absolute Gasteiger partial charge is 0.254 e. The number of hydrogen-bond acceptors (Lipinski definition) is 4. The van der Waals surface area contributed by atoms with Gasteiger partial charge in [-0.25, -0.2) is 0 Å². The molecule has 0 bridgehead atoms. The number of hydrogen-bond donors (Lipinski definition) is 1. The van der Waals surface area contributed by atoms with Gasteiger partial charge in [0.05, 0.1) is 19.8 Å². The summed E-state index contributed by atoms with van der Waals surface area (Å²) >= 11 is 0.